The average Bonchev–Trinajstić information content (AvgIpc) is 1.98. The van der Waals surface area contributed by atoms with Gasteiger partial charge in [0.1, 0.15) is 0 Å². The van der Waals surface area contributed by atoms with Crippen LogP contribution in [-0.2, 0) is 0 Å². The first kappa shape index (κ1) is 13.0. The Balaban J connectivity index is 2.98. The molecule has 0 amide bonds. The van der Waals surface area contributed by atoms with Crippen molar-refractivity contribution in [2.24, 2.45) is 23.2 Å². The Morgan fingerprint density at radius 2 is 1.80 bits per heavy atom. The summed E-state index contributed by atoms with van der Waals surface area (Å²) < 4.78 is 0. The van der Waals surface area contributed by atoms with Crippen molar-refractivity contribution in [2.75, 3.05) is 0 Å². The van der Waals surface area contributed by atoms with Crippen molar-refractivity contribution in [3.05, 3.63) is 0 Å². The minimum atomic E-state index is -0.467. The smallest absolute Gasteiger partial charge is 0.0655 e. The predicted molar refractivity (Wildman–Crippen MR) is 65.7 cm³/mol. The number of hydrogen-bond donors (Lipinski definition) is 1. The van der Waals surface area contributed by atoms with E-state index in [1.165, 1.54) is 12.8 Å². The van der Waals surface area contributed by atoms with Gasteiger partial charge >= 0.3 is 0 Å². The van der Waals surface area contributed by atoms with E-state index < -0.39 is 5.60 Å². The Labute approximate surface area is 95.3 Å². The predicted octanol–water partition coefficient (Wildman–Crippen LogP) is 3.86. The van der Waals surface area contributed by atoms with Crippen LogP contribution in [0.4, 0.5) is 0 Å². The minimum absolute atomic E-state index is 0.207. The largest absolute Gasteiger partial charge is 0.390 e. The fourth-order valence-electron chi connectivity index (χ4n) is 3.77. The van der Waals surface area contributed by atoms with Crippen LogP contribution in [0.2, 0.25) is 0 Å². The molecule has 0 aromatic heterocycles. The van der Waals surface area contributed by atoms with Crippen molar-refractivity contribution >= 4 is 0 Å². The summed E-state index contributed by atoms with van der Waals surface area (Å²) in [6.07, 6.45) is 3.44. The molecule has 3 unspecified atom stereocenters. The summed E-state index contributed by atoms with van der Waals surface area (Å²) in [5.74, 6) is 1.79. The van der Waals surface area contributed by atoms with E-state index >= 15 is 0 Å². The second-order valence-corrected chi connectivity index (χ2v) is 7.00. The zero-order valence-electron chi connectivity index (χ0n) is 11.3. The molecule has 3 atom stereocenters. The summed E-state index contributed by atoms with van der Waals surface area (Å²) in [6, 6.07) is 0. The molecule has 0 bridgehead atoms. The Morgan fingerprint density at radius 1 is 1.27 bits per heavy atom. The molecular weight excluding hydrogens is 184 g/mol. The van der Waals surface area contributed by atoms with Gasteiger partial charge in [0.2, 0.25) is 0 Å². The lowest BCUT2D eigenvalue weighted by atomic mass is 9.57. The SMILES string of the molecule is CC(C)C1CCCC(C)(O)C1C(C)(C)C. The van der Waals surface area contributed by atoms with E-state index in [2.05, 4.69) is 34.6 Å². The third kappa shape index (κ3) is 2.75. The van der Waals surface area contributed by atoms with Crippen LogP contribution in [0.15, 0.2) is 0 Å². The molecule has 1 rings (SSSR count). The molecule has 1 saturated carbocycles. The van der Waals surface area contributed by atoms with Gasteiger partial charge in [-0.2, -0.15) is 0 Å². The molecule has 0 aromatic carbocycles. The summed E-state index contributed by atoms with van der Waals surface area (Å²) in [5, 5.41) is 10.6. The highest BCUT2D eigenvalue weighted by Crippen LogP contribution is 2.49. The van der Waals surface area contributed by atoms with Gasteiger partial charge in [0.15, 0.2) is 0 Å². The lowest BCUT2D eigenvalue weighted by Gasteiger charge is -2.51. The van der Waals surface area contributed by atoms with E-state index in [1.54, 1.807) is 0 Å². The van der Waals surface area contributed by atoms with Crippen LogP contribution < -0.4 is 0 Å². The van der Waals surface area contributed by atoms with Crippen molar-refractivity contribution in [1.82, 2.24) is 0 Å². The molecule has 0 spiro atoms. The zero-order valence-corrected chi connectivity index (χ0v) is 11.3. The van der Waals surface area contributed by atoms with E-state index in [0.29, 0.717) is 17.8 Å². The maximum Gasteiger partial charge on any atom is 0.0655 e. The monoisotopic (exact) mass is 212 g/mol. The van der Waals surface area contributed by atoms with Gasteiger partial charge in [-0.3, -0.25) is 0 Å². The minimum Gasteiger partial charge on any atom is -0.390 e. The van der Waals surface area contributed by atoms with Crippen LogP contribution in [0.5, 0.6) is 0 Å². The van der Waals surface area contributed by atoms with Gasteiger partial charge in [-0.05, 0) is 42.9 Å². The van der Waals surface area contributed by atoms with Crippen molar-refractivity contribution < 1.29 is 5.11 Å². The summed E-state index contributed by atoms with van der Waals surface area (Å²) in [4.78, 5) is 0. The molecule has 1 N–H and O–H groups in total. The van der Waals surface area contributed by atoms with Crippen LogP contribution in [0.3, 0.4) is 0 Å². The van der Waals surface area contributed by atoms with E-state index in [9.17, 15) is 5.11 Å². The van der Waals surface area contributed by atoms with Gasteiger partial charge in [-0.15, -0.1) is 0 Å². The first-order valence-electron chi connectivity index (χ1n) is 6.38. The number of aliphatic hydroxyl groups is 1. The summed E-state index contributed by atoms with van der Waals surface area (Å²) >= 11 is 0. The maximum absolute atomic E-state index is 10.6. The Hall–Kier alpha value is -0.0400. The van der Waals surface area contributed by atoms with E-state index in [-0.39, 0.29) is 5.41 Å². The quantitative estimate of drug-likeness (QED) is 0.700. The van der Waals surface area contributed by atoms with Crippen LogP contribution in [0.1, 0.15) is 60.8 Å². The fraction of sp³-hybridized carbons (Fsp3) is 1.00. The van der Waals surface area contributed by atoms with Crippen molar-refractivity contribution in [3.63, 3.8) is 0 Å². The molecule has 0 saturated heterocycles. The number of rotatable bonds is 1. The molecule has 0 radical (unpaired) electrons. The standard InChI is InChI=1S/C14H28O/c1-10(2)11-8-7-9-14(6,15)12(11)13(3,4)5/h10-12,15H,7-9H2,1-6H3. The van der Waals surface area contributed by atoms with Crippen LogP contribution in [-0.4, -0.2) is 10.7 Å². The lowest BCUT2D eigenvalue weighted by Crippen LogP contribution is -2.50. The Kier molecular flexibility index (Phi) is 3.55. The van der Waals surface area contributed by atoms with Gasteiger partial charge in [0, 0.05) is 0 Å². The lowest BCUT2D eigenvalue weighted by molar-refractivity contribution is -0.114. The molecule has 1 fully saturated rings. The van der Waals surface area contributed by atoms with Gasteiger partial charge in [0.25, 0.3) is 0 Å². The van der Waals surface area contributed by atoms with E-state index in [1.807, 2.05) is 6.92 Å². The van der Waals surface area contributed by atoms with Crippen LogP contribution >= 0.6 is 0 Å². The Bertz CT molecular complexity index is 210. The highest BCUT2D eigenvalue weighted by Gasteiger charge is 2.47. The number of hydrogen-bond acceptors (Lipinski definition) is 1. The zero-order chi connectivity index (χ0) is 11.9. The molecule has 0 aliphatic heterocycles. The maximum atomic E-state index is 10.6. The van der Waals surface area contributed by atoms with Gasteiger partial charge in [-0.1, -0.05) is 41.0 Å². The fourth-order valence-corrected chi connectivity index (χ4v) is 3.77. The molecule has 1 nitrogen and oxygen atoms in total. The van der Waals surface area contributed by atoms with Crippen molar-refractivity contribution in [1.29, 1.82) is 0 Å². The first-order valence-corrected chi connectivity index (χ1v) is 6.38. The highest BCUT2D eigenvalue weighted by molar-refractivity contribution is 4.97. The topological polar surface area (TPSA) is 20.2 Å². The van der Waals surface area contributed by atoms with Crippen LogP contribution in [0.25, 0.3) is 0 Å². The second kappa shape index (κ2) is 4.08. The third-order valence-electron chi connectivity index (χ3n) is 4.11. The van der Waals surface area contributed by atoms with E-state index in [0.717, 1.165) is 6.42 Å². The Morgan fingerprint density at radius 3 is 2.13 bits per heavy atom. The van der Waals surface area contributed by atoms with Gasteiger partial charge in [0.05, 0.1) is 5.60 Å². The molecule has 0 heterocycles. The molecular formula is C14H28O. The van der Waals surface area contributed by atoms with Gasteiger partial charge < -0.3 is 5.11 Å². The van der Waals surface area contributed by atoms with Crippen LogP contribution in [0, 0.1) is 23.2 Å². The summed E-state index contributed by atoms with van der Waals surface area (Å²) in [5.41, 5.74) is -0.260. The highest BCUT2D eigenvalue weighted by atomic mass is 16.3. The third-order valence-corrected chi connectivity index (χ3v) is 4.11. The van der Waals surface area contributed by atoms with Gasteiger partial charge in [-0.25, -0.2) is 0 Å². The summed E-state index contributed by atoms with van der Waals surface area (Å²) in [6.45, 7) is 13.4. The summed E-state index contributed by atoms with van der Waals surface area (Å²) in [7, 11) is 0. The molecule has 15 heavy (non-hydrogen) atoms. The average molecular weight is 212 g/mol. The molecule has 1 aliphatic carbocycles. The molecule has 1 heteroatoms. The molecule has 90 valence electrons. The first-order chi connectivity index (χ1) is 6.66. The molecule has 1 aliphatic rings. The molecule has 0 aromatic rings. The van der Waals surface area contributed by atoms with E-state index in [4.69, 9.17) is 0 Å². The normalized spacial score (nSPS) is 38.4. The van der Waals surface area contributed by atoms with Crippen molar-refractivity contribution in [3.8, 4) is 0 Å². The van der Waals surface area contributed by atoms with Crippen molar-refractivity contribution in [2.45, 2.75) is 66.4 Å². The second-order valence-electron chi connectivity index (χ2n) is 7.00.